The summed E-state index contributed by atoms with van der Waals surface area (Å²) in [5, 5.41) is 9.44. The van der Waals surface area contributed by atoms with E-state index in [4.69, 9.17) is 0 Å². The molecule has 2 aliphatic rings. The van der Waals surface area contributed by atoms with E-state index in [1.54, 1.807) is 23.1 Å². The molecule has 1 saturated heterocycles. The number of carboxylic acids is 1. The van der Waals surface area contributed by atoms with Crippen LogP contribution in [-0.2, 0) is 14.8 Å². The molecule has 0 aliphatic carbocycles. The molecular formula is C14H16N2O4S. The maximum Gasteiger partial charge on any atom is 0.311 e. The fraction of sp³-hybridized carbons (Fsp3) is 0.429. The largest absolute Gasteiger partial charge is 0.481 e. The minimum Gasteiger partial charge on any atom is -0.481 e. The van der Waals surface area contributed by atoms with E-state index in [2.05, 4.69) is 4.40 Å². The number of likely N-dealkylation sites (tertiary alicyclic amines) is 1. The standard InChI is InChI=1S/C14H16N2O4S/c1-2-14(13(17)18)7-8-16(9-14)12-10-5-3-4-6-11(10)21(19,20)15-12/h3-6H,2,7-9H2,1H3,(H,17,18). The van der Waals surface area contributed by atoms with Gasteiger partial charge in [-0.1, -0.05) is 19.1 Å². The number of aliphatic carboxylic acids is 1. The summed E-state index contributed by atoms with van der Waals surface area (Å²) in [6.45, 7) is 2.64. The first-order valence-corrected chi connectivity index (χ1v) is 8.26. The van der Waals surface area contributed by atoms with E-state index in [0.717, 1.165) is 0 Å². The van der Waals surface area contributed by atoms with Crippen molar-refractivity contribution in [3.63, 3.8) is 0 Å². The molecule has 0 amide bonds. The predicted octanol–water partition coefficient (Wildman–Crippen LogP) is 1.32. The molecular weight excluding hydrogens is 292 g/mol. The molecule has 1 N–H and O–H groups in total. The van der Waals surface area contributed by atoms with Crippen LogP contribution in [0.3, 0.4) is 0 Å². The van der Waals surface area contributed by atoms with E-state index < -0.39 is 21.4 Å². The Bertz CT molecular complexity index is 741. The number of amidine groups is 1. The Balaban J connectivity index is 1.99. The van der Waals surface area contributed by atoms with Crippen molar-refractivity contribution in [1.29, 1.82) is 0 Å². The number of rotatable bonds is 2. The van der Waals surface area contributed by atoms with Crippen molar-refractivity contribution < 1.29 is 18.3 Å². The minimum atomic E-state index is -3.66. The number of sulfonamides is 1. The fourth-order valence-electron chi connectivity index (χ4n) is 2.98. The highest BCUT2D eigenvalue weighted by Gasteiger charge is 2.46. The van der Waals surface area contributed by atoms with Crippen LogP contribution in [0.4, 0.5) is 0 Å². The molecule has 0 bridgehead atoms. The molecule has 1 aromatic carbocycles. The first-order valence-electron chi connectivity index (χ1n) is 6.82. The number of hydrogen-bond acceptors (Lipinski definition) is 4. The molecule has 7 heteroatoms. The average molecular weight is 308 g/mol. The smallest absolute Gasteiger partial charge is 0.311 e. The minimum absolute atomic E-state index is 0.198. The number of benzene rings is 1. The summed E-state index contributed by atoms with van der Waals surface area (Å²) in [5.41, 5.74) is -0.251. The molecule has 0 saturated carbocycles. The molecule has 6 nitrogen and oxygen atoms in total. The summed E-state index contributed by atoms with van der Waals surface area (Å²) in [5.74, 6) is -0.454. The van der Waals surface area contributed by atoms with Gasteiger partial charge in [-0.25, -0.2) is 0 Å². The van der Waals surface area contributed by atoms with E-state index in [1.807, 2.05) is 6.92 Å². The summed E-state index contributed by atoms with van der Waals surface area (Å²) in [7, 11) is -3.66. The first-order chi connectivity index (χ1) is 9.89. The second-order valence-corrected chi connectivity index (χ2v) is 7.07. The molecule has 1 atom stereocenters. The van der Waals surface area contributed by atoms with Crippen LogP contribution in [0.1, 0.15) is 25.3 Å². The van der Waals surface area contributed by atoms with Crippen molar-refractivity contribution in [3.8, 4) is 0 Å². The predicted molar refractivity (Wildman–Crippen MR) is 76.7 cm³/mol. The fourth-order valence-corrected chi connectivity index (χ4v) is 4.21. The van der Waals surface area contributed by atoms with E-state index in [1.165, 1.54) is 6.07 Å². The Hall–Kier alpha value is -1.89. The van der Waals surface area contributed by atoms with Crippen LogP contribution < -0.4 is 0 Å². The lowest BCUT2D eigenvalue weighted by atomic mass is 9.84. The molecule has 0 radical (unpaired) electrons. The lowest BCUT2D eigenvalue weighted by Crippen LogP contribution is -2.36. The van der Waals surface area contributed by atoms with Crippen LogP contribution in [0.15, 0.2) is 33.6 Å². The van der Waals surface area contributed by atoms with Crippen molar-refractivity contribution in [3.05, 3.63) is 29.8 Å². The van der Waals surface area contributed by atoms with Gasteiger partial charge in [-0.15, -0.1) is 4.40 Å². The van der Waals surface area contributed by atoms with Crippen LogP contribution in [0.5, 0.6) is 0 Å². The highest BCUT2D eigenvalue weighted by Crippen LogP contribution is 2.37. The van der Waals surface area contributed by atoms with Crippen LogP contribution >= 0.6 is 0 Å². The Labute approximate surface area is 123 Å². The number of hydrogen-bond donors (Lipinski definition) is 1. The van der Waals surface area contributed by atoms with Crippen LogP contribution in [0, 0.1) is 5.41 Å². The van der Waals surface area contributed by atoms with Gasteiger partial charge >= 0.3 is 5.97 Å². The molecule has 0 aromatic heterocycles. The highest BCUT2D eigenvalue weighted by atomic mass is 32.2. The second kappa shape index (κ2) is 4.56. The zero-order valence-electron chi connectivity index (χ0n) is 11.6. The second-order valence-electron chi connectivity index (χ2n) is 5.50. The van der Waals surface area contributed by atoms with Gasteiger partial charge < -0.3 is 10.0 Å². The van der Waals surface area contributed by atoms with Crippen molar-refractivity contribution in [2.24, 2.45) is 9.81 Å². The third-order valence-corrected chi connectivity index (χ3v) is 5.72. The summed E-state index contributed by atoms with van der Waals surface area (Å²) in [6.07, 6.45) is 1.01. The monoisotopic (exact) mass is 308 g/mol. The van der Waals surface area contributed by atoms with Gasteiger partial charge in [0.25, 0.3) is 10.0 Å². The molecule has 3 rings (SSSR count). The molecule has 2 heterocycles. The first kappa shape index (κ1) is 14.1. The molecule has 1 unspecified atom stereocenters. The van der Waals surface area contributed by atoms with Gasteiger partial charge in [0.05, 0.1) is 5.41 Å². The van der Waals surface area contributed by atoms with Crippen molar-refractivity contribution in [2.75, 3.05) is 13.1 Å². The molecule has 2 aliphatic heterocycles. The normalized spacial score (nSPS) is 26.5. The summed E-state index contributed by atoms with van der Waals surface area (Å²) >= 11 is 0. The topological polar surface area (TPSA) is 87.0 Å². The maximum atomic E-state index is 12.1. The van der Waals surface area contributed by atoms with E-state index >= 15 is 0 Å². The zero-order valence-corrected chi connectivity index (χ0v) is 12.4. The molecule has 1 aromatic rings. The lowest BCUT2D eigenvalue weighted by Gasteiger charge is -2.24. The molecule has 1 fully saturated rings. The van der Waals surface area contributed by atoms with Crippen molar-refractivity contribution >= 4 is 21.8 Å². The summed E-state index contributed by atoms with van der Waals surface area (Å²) in [4.78, 5) is 13.5. The van der Waals surface area contributed by atoms with Crippen LogP contribution in [0.25, 0.3) is 0 Å². The van der Waals surface area contributed by atoms with Crippen LogP contribution in [0.2, 0.25) is 0 Å². The number of nitrogens with zero attached hydrogens (tertiary/aromatic N) is 2. The summed E-state index contributed by atoms with van der Waals surface area (Å²) in [6, 6.07) is 6.66. The Kier molecular flexibility index (Phi) is 3.05. The van der Waals surface area contributed by atoms with Crippen LogP contribution in [-0.4, -0.2) is 43.3 Å². The van der Waals surface area contributed by atoms with Gasteiger partial charge in [-0.2, -0.15) is 8.42 Å². The number of carboxylic acid groups (broad SMARTS) is 1. The van der Waals surface area contributed by atoms with E-state index in [-0.39, 0.29) is 4.90 Å². The van der Waals surface area contributed by atoms with E-state index in [0.29, 0.717) is 37.3 Å². The van der Waals surface area contributed by atoms with Gasteiger partial charge in [0, 0.05) is 18.7 Å². The van der Waals surface area contributed by atoms with Gasteiger partial charge in [-0.3, -0.25) is 4.79 Å². The number of fused-ring (bicyclic) bond motifs is 1. The average Bonchev–Trinajstić information content (AvgIpc) is 3.00. The SMILES string of the molecule is CCC1(C(=O)O)CCN(C2=NS(=O)(=O)c3ccccc32)C1. The van der Waals surface area contributed by atoms with Gasteiger partial charge in [0.2, 0.25) is 0 Å². The van der Waals surface area contributed by atoms with Crippen molar-refractivity contribution in [2.45, 2.75) is 24.7 Å². The lowest BCUT2D eigenvalue weighted by molar-refractivity contribution is -0.148. The zero-order chi connectivity index (χ0) is 15.3. The Morgan fingerprint density at radius 3 is 2.76 bits per heavy atom. The van der Waals surface area contributed by atoms with E-state index in [9.17, 15) is 18.3 Å². The van der Waals surface area contributed by atoms with Gasteiger partial charge in [-0.05, 0) is 25.0 Å². The Morgan fingerprint density at radius 1 is 1.43 bits per heavy atom. The molecule has 112 valence electrons. The third kappa shape index (κ3) is 2.03. The third-order valence-electron chi connectivity index (χ3n) is 4.40. The maximum absolute atomic E-state index is 12.1. The van der Waals surface area contributed by atoms with Gasteiger partial charge in [0.15, 0.2) is 5.84 Å². The molecule has 0 spiro atoms. The van der Waals surface area contributed by atoms with Gasteiger partial charge in [0.1, 0.15) is 4.90 Å². The molecule has 21 heavy (non-hydrogen) atoms. The summed E-state index contributed by atoms with van der Waals surface area (Å²) < 4.78 is 28.0. The van der Waals surface area contributed by atoms with Crippen molar-refractivity contribution in [1.82, 2.24) is 4.90 Å². The highest BCUT2D eigenvalue weighted by molar-refractivity contribution is 7.90. The Morgan fingerprint density at radius 2 is 2.14 bits per heavy atom. The number of carbonyl (C=O) groups is 1. The quantitative estimate of drug-likeness (QED) is 0.890.